The van der Waals surface area contributed by atoms with Crippen LogP contribution in [0.25, 0.3) is 80.6 Å². The fourth-order valence-electron chi connectivity index (χ4n) is 7.23. The first-order valence-corrected chi connectivity index (χ1v) is 15.5. The smallest absolute Gasteiger partial charge is 0.0547 e. The van der Waals surface area contributed by atoms with Crippen LogP contribution in [-0.2, 0) is 13.5 Å². The molecule has 0 aliphatic rings. The monoisotopic (exact) mass is 556 g/mol. The average Bonchev–Trinajstić information content (AvgIpc) is 3.68. The molecule has 3 heterocycles. The Morgan fingerprint density at radius 3 is 1.90 bits per heavy atom. The van der Waals surface area contributed by atoms with Gasteiger partial charge in [-0.05, 0) is 65.6 Å². The van der Waals surface area contributed by atoms with Gasteiger partial charge in [0, 0.05) is 65.5 Å². The summed E-state index contributed by atoms with van der Waals surface area (Å²) in [5, 5.41) is 7.91. The molecule has 9 aromatic rings. The van der Waals surface area contributed by atoms with Gasteiger partial charge in [-0.2, -0.15) is 0 Å². The quantitative estimate of drug-likeness (QED) is 0.205. The second kappa shape index (κ2) is 8.82. The van der Waals surface area contributed by atoms with E-state index < -0.39 is 0 Å². The van der Waals surface area contributed by atoms with Gasteiger partial charge >= 0.3 is 0 Å². The van der Waals surface area contributed by atoms with E-state index in [-0.39, 0.29) is 0 Å². The Morgan fingerprint density at radius 1 is 0.548 bits per heavy atom. The molecule has 0 amide bonds. The number of benzene rings is 6. The van der Waals surface area contributed by atoms with Gasteiger partial charge in [0.05, 0.1) is 11.0 Å². The van der Waals surface area contributed by atoms with Crippen molar-refractivity contribution in [2.75, 3.05) is 0 Å². The molecule has 0 aliphatic carbocycles. The highest BCUT2D eigenvalue weighted by atomic mass is 32.1. The van der Waals surface area contributed by atoms with Crippen LogP contribution in [0.5, 0.6) is 0 Å². The predicted molar refractivity (Wildman–Crippen MR) is 182 cm³/mol. The number of thiophene rings is 1. The van der Waals surface area contributed by atoms with E-state index in [1.54, 1.807) is 0 Å². The van der Waals surface area contributed by atoms with E-state index in [0.29, 0.717) is 0 Å². The van der Waals surface area contributed by atoms with Gasteiger partial charge in [0.15, 0.2) is 0 Å². The molecule has 0 radical (unpaired) electrons. The summed E-state index contributed by atoms with van der Waals surface area (Å²) < 4.78 is 7.57. The molecule has 3 aromatic heterocycles. The van der Waals surface area contributed by atoms with Gasteiger partial charge in [0.1, 0.15) is 0 Å². The maximum Gasteiger partial charge on any atom is 0.0547 e. The van der Waals surface area contributed by atoms with Crippen LogP contribution in [-0.4, -0.2) is 9.13 Å². The largest absolute Gasteiger partial charge is 0.344 e. The SMILES string of the molecule is CCc1cc(-n2c3ccccc3c3c(-c4cccc5c4c4ccccc4n5C)cccc32)cc2c1sc1ccccc12. The number of fused-ring (bicyclic) bond motifs is 9. The Morgan fingerprint density at radius 2 is 1.14 bits per heavy atom. The van der Waals surface area contributed by atoms with Crippen molar-refractivity contribution in [3.8, 4) is 16.8 Å². The predicted octanol–water partition coefficient (Wildman–Crippen LogP) is 11.0. The summed E-state index contributed by atoms with van der Waals surface area (Å²) in [6, 6.07) is 44.9. The molecule has 3 heteroatoms. The van der Waals surface area contributed by atoms with E-state index in [1.165, 1.54) is 86.2 Å². The molecule has 0 saturated carbocycles. The lowest BCUT2D eigenvalue weighted by Crippen LogP contribution is -1.96. The van der Waals surface area contributed by atoms with Crippen molar-refractivity contribution in [2.24, 2.45) is 7.05 Å². The van der Waals surface area contributed by atoms with Crippen LogP contribution in [0.15, 0.2) is 121 Å². The molecule has 9 rings (SSSR count). The lowest BCUT2D eigenvalue weighted by atomic mass is 9.95. The molecular weight excluding hydrogens is 529 g/mol. The van der Waals surface area contributed by atoms with Crippen molar-refractivity contribution in [1.29, 1.82) is 0 Å². The molecule has 6 aromatic carbocycles. The highest BCUT2D eigenvalue weighted by Crippen LogP contribution is 2.44. The molecule has 2 nitrogen and oxygen atoms in total. The van der Waals surface area contributed by atoms with Crippen LogP contribution in [0.4, 0.5) is 0 Å². The molecule has 42 heavy (non-hydrogen) atoms. The molecule has 200 valence electrons. The molecule has 0 spiro atoms. The number of hydrogen-bond acceptors (Lipinski definition) is 1. The molecule has 0 bridgehead atoms. The molecule has 0 unspecified atom stereocenters. The third-order valence-electron chi connectivity index (χ3n) is 9.11. The molecule has 0 saturated heterocycles. The van der Waals surface area contributed by atoms with Crippen LogP contribution >= 0.6 is 11.3 Å². The number of nitrogens with zero attached hydrogens (tertiary/aromatic N) is 2. The average molecular weight is 557 g/mol. The minimum Gasteiger partial charge on any atom is -0.344 e. The summed E-state index contributed by atoms with van der Waals surface area (Å²) in [5.74, 6) is 0. The van der Waals surface area contributed by atoms with Gasteiger partial charge in [0.25, 0.3) is 0 Å². The maximum absolute atomic E-state index is 2.49. The van der Waals surface area contributed by atoms with Crippen molar-refractivity contribution in [3.05, 3.63) is 127 Å². The Hall–Kier alpha value is -4.86. The van der Waals surface area contributed by atoms with Crippen molar-refractivity contribution < 1.29 is 0 Å². The van der Waals surface area contributed by atoms with E-state index in [0.717, 1.165) is 6.42 Å². The van der Waals surface area contributed by atoms with Crippen LogP contribution in [0, 0.1) is 0 Å². The first-order valence-electron chi connectivity index (χ1n) is 14.7. The van der Waals surface area contributed by atoms with E-state index in [2.05, 4.69) is 144 Å². The van der Waals surface area contributed by atoms with Gasteiger partial charge in [-0.25, -0.2) is 0 Å². The van der Waals surface area contributed by atoms with Crippen molar-refractivity contribution in [3.63, 3.8) is 0 Å². The molecular formula is C39H28N2S. The first-order chi connectivity index (χ1) is 20.7. The normalized spacial score (nSPS) is 12.1. The van der Waals surface area contributed by atoms with Crippen LogP contribution in [0.3, 0.4) is 0 Å². The Labute approximate surface area is 247 Å². The van der Waals surface area contributed by atoms with Crippen molar-refractivity contribution in [1.82, 2.24) is 9.13 Å². The number of para-hydroxylation sites is 2. The summed E-state index contributed by atoms with van der Waals surface area (Å²) in [6.45, 7) is 2.28. The van der Waals surface area contributed by atoms with E-state index in [9.17, 15) is 0 Å². The standard InChI is InChI=1S/C39H28N2S/c1-3-24-22-25(23-31-26-12-6-9-21-36(26)42-39(24)31)41-33-18-8-5-14-30(33)38-28(16-11-20-35(38)41)27-15-10-19-34-37(27)29-13-4-7-17-32(29)40(34)2/h4-23H,3H2,1-2H3. The van der Waals surface area contributed by atoms with Crippen LogP contribution in [0.2, 0.25) is 0 Å². The third-order valence-corrected chi connectivity index (χ3v) is 10.4. The minimum absolute atomic E-state index is 1.00. The summed E-state index contributed by atoms with van der Waals surface area (Å²) in [7, 11) is 2.18. The van der Waals surface area contributed by atoms with E-state index >= 15 is 0 Å². The summed E-state index contributed by atoms with van der Waals surface area (Å²) >= 11 is 1.92. The molecule has 0 aliphatic heterocycles. The van der Waals surface area contributed by atoms with E-state index in [1.807, 2.05) is 11.3 Å². The molecule has 0 fully saturated rings. The van der Waals surface area contributed by atoms with Gasteiger partial charge < -0.3 is 9.13 Å². The summed E-state index contributed by atoms with van der Waals surface area (Å²) in [5.41, 5.74) is 10.2. The second-order valence-electron chi connectivity index (χ2n) is 11.3. The van der Waals surface area contributed by atoms with Gasteiger partial charge in [-0.1, -0.05) is 85.8 Å². The number of aryl methyl sites for hydroxylation is 2. The Balaban J connectivity index is 1.41. The number of rotatable bonds is 3. The minimum atomic E-state index is 1.00. The Bertz CT molecular complexity index is 2520. The van der Waals surface area contributed by atoms with Crippen LogP contribution in [0.1, 0.15) is 12.5 Å². The summed E-state index contributed by atoms with van der Waals surface area (Å²) in [4.78, 5) is 0. The first kappa shape index (κ1) is 23.8. The highest BCUT2D eigenvalue weighted by Gasteiger charge is 2.20. The number of aromatic nitrogens is 2. The zero-order valence-electron chi connectivity index (χ0n) is 23.6. The zero-order chi connectivity index (χ0) is 27.9. The second-order valence-corrected chi connectivity index (χ2v) is 12.3. The number of hydrogen-bond donors (Lipinski definition) is 0. The van der Waals surface area contributed by atoms with Gasteiger partial charge in [0.2, 0.25) is 0 Å². The lowest BCUT2D eigenvalue weighted by molar-refractivity contribution is 1.01. The van der Waals surface area contributed by atoms with Gasteiger partial charge in [-0.3, -0.25) is 0 Å². The van der Waals surface area contributed by atoms with Crippen molar-refractivity contribution >= 4 is 75.1 Å². The van der Waals surface area contributed by atoms with Crippen molar-refractivity contribution in [2.45, 2.75) is 13.3 Å². The molecule has 0 N–H and O–H groups in total. The highest BCUT2D eigenvalue weighted by molar-refractivity contribution is 7.26. The fraction of sp³-hybridized carbons (Fsp3) is 0.0769. The van der Waals surface area contributed by atoms with E-state index in [4.69, 9.17) is 0 Å². The molecule has 0 atom stereocenters. The fourth-order valence-corrected chi connectivity index (χ4v) is 8.50. The topological polar surface area (TPSA) is 9.86 Å². The lowest BCUT2D eigenvalue weighted by Gasteiger charge is -2.12. The zero-order valence-corrected chi connectivity index (χ0v) is 24.4. The maximum atomic E-state index is 2.49. The third kappa shape index (κ3) is 3.14. The summed E-state index contributed by atoms with van der Waals surface area (Å²) in [6.07, 6.45) is 1.00. The van der Waals surface area contributed by atoms with Gasteiger partial charge in [-0.15, -0.1) is 11.3 Å². The van der Waals surface area contributed by atoms with Crippen LogP contribution < -0.4 is 0 Å². The Kier molecular flexibility index (Phi) is 5.00.